The molecule has 2 amide bonds. The van der Waals surface area contributed by atoms with E-state index < -0.39 is 20.9 Å². The van der Waals surface area contributed by atoms with Crippen molar-refractivity contribution in [2.45, 2.75) is 18.7 Å². The lowest BCUT2D eigenvalue weighted by Gasteiger charge is -2.14. The predicted molar refractivity (Wildman–Crippen MR) is 128 cm³/mol. The molecule has 3 aromatic rings. The van der Waals surface area contributed by atoms with Crippen LogP contribution in [0.5, 0.6) is 0 Å². The summed E-state index contributed by atoms with van der Waals surface area (Å²) >= 11 is 0. The summed E-state index contributed by atoms with van der Waals surface area (Å²) in [6.07, 6.45) is 0. The van der Waals surface area contributed by atoms with Crippen LogP contribution in [0.4, 0.5) is 22.7 Å². The molecule has 0 radical (unpaired) electrons. The number of non-ortho nitro benzene ring substituents is 1. The van der Waals surface area contributed by atoms with E-state index >= 15 is 0 Å². The van der Waals surface area contributed by atoms with Crippen molar-refractivity contribution in [2.24, 2.45) is 5.92 Å². The van der Waals surface area contributed by atoms with Crippen molar-refractivity contribution in [1.82, 2.24) is 0 Å². The van der Waals surface area contributed by atoms with Crippen molar-refractivity contribution in [3.05, 3.63) is 88.5 Å². The third-order valence-corrected chi connectivity index (χ3v) is 6.03. The van der Waals surface area contributed by atoms with E-state index in [4.69, 9.17) is 0 Å². The largest absolute Gasteiger partial charge is 0.326 e. The summed E-state index contributed by atoms with van der Waals surface area (Å²) in [4.78, 5) is 34.8. The highest BCUT2D eigenvalue weighted by Crippen LogP contribution is 2.24. The molecule has 0 spiro atoms. The third-order valence-electron chi connectivity index (χ3n) is 4.67. The van der Waals surface area contributed by atoms with E-state index in [0.717, 1.165) is 6.07 Å². The summed E-state index contributed by atoms with van der Waals surface area (Å²) in [7, 11) is -4.21. The molecule has 0 saturated heterocycles. The molecule has 0 aromatic heterocycles. The number of carbonyl (C=O) groups excluding carboxylic acids is 2. The van der Waals surface area contributed by atoms with Gasteiger partial charge < -0.3 is 10.6 Å². The normalized spacial score (nSPS) is 11.0. The molecular weight excluding hydrogens is 460 g/mol. The maximum atomic E-state index is 12.9. The second kappa shape index (κ2) is 10.1. The fraction of sp³-hybridized carbons (Fsp3) is 0.130. The van der Waals surface area contributed by atoms with Gasteiger partial charge in [0.25, 0.3) is 21.6 Å². The number of nitro groups is 1. The molecule has 0 aliphatic carbocycles. The molecule has 0 aliphatic rings. The van der Waals surface area contributed by atoms with Crippen molar-refractivity contribution in [3.8, 4) is 0 Å². The number of para-hydroxylation sites is 1. The van der Waals surface area contributed by atoms with Gasteiger partial charge in [-0.25, -0.2) is 8.42 Å². The fourth-order valence-corrected chi connectivity index (χ4v) is 4.02. The summed E-state index contributed by atoms with van der Waals surface area (Å²) < 4.78 is 27.9. The number of amides is 2. The van der Waals surface area contributed by atoms with Gasteiger partial charge in [0.05, 0.1) is 21.1 Å². The zero-order valence-electron chi connectivity index (χ0n) is 18.3. The first kappa shape index (κ1) is 24.4. The summed E-state index contributed by atoms with van der Waals surface area (Å²) in [5.41, 5.74) is 0.543. The standard InChI is InChI=1S/C23H22N4O6S/c1-15(2)22(28)24-16-7-5-8-17(13-16)25-23(29)20-11-3-4-12-21(20)26-34(32,33)19-10-6-9-18(14-19)27(30)31/h3-15,26H,1-2H3,(H,24,28)(H,25,29). The average molecular weight is 483 g/mol. The van der Waals surface area contributed by atoms with Crippen LogP contribution in [0.25, 0.3) is 0 Å². The van der Waals surface area contributed by atoms with E-state index in [1.165, 1.54) is 30.3 Å². The minimum atomic E-state index is -4.21. The van der Waals surface area contributed by atoms with Crippen LogP contribution in [-0.2, 0) is 14.8 Å². The van der Waals surface area contributed by atoms with Gasteiger partial charge in [0.1, 0.15) is 0 Å². The lowest BCUT2D eigenvalue weighted by Crippen LogP contribution is -2.19. The van der Waals surface area contributed by atoms with Crippen LogP contribution in [0.1, 0.15) is 24.2 Å². The highest BCUT2D eigenvalue weighted by Gasteiger charge is 2.21. The van der Waals surface area contributed by atoms with Crippen LogP contribution in [0, 0.1) is 16.0 Å². The quantitative estimate of drug-likeness (QED) is 0.323. The van der Waals surface area contributed by atoms with Crippen molar-refractivity contribution < 1.29 is 22.9 Å². The first-order valence-corrected chi connectivity index (χ1v) is 11.6. The molecule has 176 valence electrons. The number of nitrogens with zero attached hydrogens (tertiary/aromatic N) is 1. The number of hydrogen-bond donors (Lipinski definition) is 3. The molecule has 0 heterocycles. The summed E-state index contributed by atoms with van der Waals surface area (Å²) in [6.45, 7) is 3.51. The van der Waals surface area contributed by atoms with Crippen molar-refractivity contribution in [1.29, 1.82) is 0 Å². The number of rotatable bonds is 8. The molecule has 34 heavy (non-hydrogen) atoms. The van der Waals surface area contributed by atoms with Gasteiger partial charge in [0.2, 0.25) is 5.91 Å². The second-order valence-corrected chi connectivity index (χ2v) is 9.27. The molecular formula is C23H22N4O6S. The maximum absolute atomic E-state index is 12.9. The first-order valence-electron chi connectivity index (χ1n) is 10.2. The van der Waals surface area contributed by atoms with Crippen molar-refractivity contribution in [3.63, 3.8) is 0 Å². The van der Waals surface area contributed by atoms with E-state index in [1.807, 2.05) is 0 Å². The van der Waals surface area contributed by atoms with Gasteiger partial charge in [-0.15, -0.1) is 0 Å². The summed E-state index contributed by atoms with van der Waals surface area (Å²) in [5.74, 6) is -0.988. The Morgan fingerprint density at radius 2 is 1.53 bits per heavy atom. The van der Waals surface area contributed by atoms with Crippen molar-refractivity contribution in [2.75, 3.05) is 15.4 Å². The highest BCUT2D eigenvalue weighted by atomic mass is 32.2. The van der Waals surface area contributed by atoms with Gasteiger partial charge in [0.15, 0.2) is 0 Å². The van der Waals surface area contributed by atoms with Crippen LogP contribution < -0.4 is 15.4 Å². The number of carbonyl (C=O) groups is 2. The summed E-state index contributed by atoms with van der Waals surface area (Å²) in [6, 6.07) is 17.1. The van der Waals surface area contributed by atoms with E-state index in [2.05, 4.69) is 15.4 Å². The van der Waals surface area contributed by atoms with Gasteiger partial charge in [-0.3, -0.25) is 24.4 Å². The molecule has 10 nitrogen and oxygen atoms in total. The van der Waals surface area contributed by atoms with Gasteiger partial charge in [0, 0.05) is 29.4 Å². The lowest BCUT2D eigenvalue weighted by molar-refractivity contribution is -0.385. The predicted octanol–water partition coefficient (Wildman–Crippen LogP) is 4.24. The van der Waals surface area contributed by atoms with Crippen LogP contribution >= 0.6 is 0 Å². The van der Waals surface area contributed by atoms with Gasteiger partial charge >= 0.3 is 0 Å². The summed E-state index contributed by atoms with van der Waals surface area (Å²) in [5, 5.41) is 16.4. The number of benzene rings is 3. The minimum Gasteiger partial charge on any atom is -0.326 e. The molecule has 0 fully saturated rings. The molecule has 0 atom stereocenters. The number of nitro benzene ring substituents is 1. The molecule has 0 unspecified atom stereocenters. The Kier molecular flexibility index (Phi) is 7.27. The molecule has 11 heteroatoms. The third kappa shape index (κ3) is 5.95. The second-order valence-electron chi connectivity index (χ2n) is 7.58. The zero-order valence-corrected chi connectivity index (χ0v) is 19.1. The van der Waals surface area contributed by atoms with Crippen LogP contribution in [-0.4, -0.2) is 25.2 Å². The van der Waals surface area contributed by atoms with E-state index in [-0.39, 0.29) is 33.7 Å². The topological polar surface area (TPSA) is 148 Å². The zero-order chi connectivity index (χ0) is 24.9. The number of hydrogen-bond acceptors (Lipinski definition) is 6. The van der Waals surface area contributed by atoms with Gasteiger partial charge in [-0.2, -0.15) is 0 Å². The van der Waals surface area contributed by atoms with Crippen LogP contribution in [0.2, 0.25) is 0 Å². The average Bonchev–Trinajstić information content (AvgIpc) is 2.79. The molecule has 0 bridgehead atoms. The Balaban J connectivity index is 1.83. The molecule has 3 N–H and O–H groups in total. The Bertz CT molecular complexity index is 1350. The molecule has 3 rings (SSSR count). The maximum Gasteiger partial charge on any atom is 0.270 e. The number of sulfonamides is 1. The first-order chi connectivity index (χ1) is 16.1. The SMILES string of the molecule is CC(C)C(=O)Nc1cccc(NC(=O)c2ccccc2NS(=O)(=O)c2cccc([N+](=O)[O-])c2)c1. The highest BCUT2D eigenvalue weighted by molar-refractivity contribution is 7.92. The van der Waals surface area contributed by atoms with E-state index in [0.29, 0.717) is 11.4 Å². The van der Waals surface area contributed by atoms with E-state index in [9.17, 15) is 28.1 Å². The Labute approximate surface area is 196 Å². The van der Waals surface area contributed by atoms with Crippen LogP contribution in [0.15, 0.2) is 77.7 Å². The van der Waals surface area contributed by atoms with Gasteiger partial charge in [-0.05, 0) is 36.4 Å². The Hall–Kier alpha value is -4.25. The number of anilines is 3. The van der Waals surface area contributed by atoms with Crippen LogP contribution in [0.3, 0.4) is 0 Å². The molecule has 0 saturated carbocycles. The minimum absolute atomic E-state index is 0.00392. The Morgan fingerprint density at radius 3 is 2.21 bits per heavy atom. The fourth-order valence-electron chi connectivity index (χ4n) is 2.90. The molecule has 3 aromatic carbocycles. The monoisotopic (exact) mass is 482 g/mol. The number of nitrogens with one attached hydrogen (secondary N) is 3. The Morgan fingerprint density at radius 1 is 0.882 bits per heavy atom. The smallest absolute Gasteiger partial charge is 0.270 e. The molecule has 0 aliphatic heterocycles. The lowest BCUT2D eigenvalue weighted by atomic mass is 10.1. The van der Waals surface area contributed by atoms with Gasteiger partial charge in [-0.1, -0.05) is 38.1 Å². The van der Waals surface area contributed by atoms with Crippen molar-refractivity contribution >= 4 is 44.6 Å². The van der Waals surface area contributed by atoms with E-state index in [1.54, 1.807) is 50.2 Å².